The van der Waals surface area contributed by atoms with Crippen molar-refractivity contribution in [2.24, 2.45) is 0 Å². The average molecular weight is 281 g/mol. The number of hydrogen-bond acceptors (Lipinski definition) is 2. The fraction of sp³-hybridized carbons (Fsp3) is 0.278. The molecule has 3 rings (SSSR count). The number of benzene rings is 2. The van der Waals surface area contributed by atoms with Gasteiger partial charge in [0.1, 0.15) is 0 Å². The van der Waals surface area contributed by atoms with Crippen molar-refractivity contribution in [3.05, 3.63) is 59.7 Å². The Hall–Kier alpha value is -2.13. The molecule has 3 heteroatoms. The molecule has 2 aromatic rings. The lowest BCUT2D eigenvalue weighted by atomic mass is 9.98. The number of carboxylic acids is 1. The summed E-state index contributed by atoms with van der Waals surface area (Å²) < 4.78 is 0. The molecule has 0 aliphatic heterocycles. The highest BCUT2D eigenvalue weighted by atomic mass is 16.4. The Balaban J connectivity index is 1.82. The van der Waals surface area contributed by atoms with Crippen LogP contribution in [0, 0.1) is 0 Å². The number of aromatic carboxylic acids is 1. The molecule has 1 fully saturated rings. The van der Waals surface area contributed by atoms with Gasteiger partial charge in [-0.3, -0.25) is 4.90 Å². The summed E-state index contributed by atoms with van der Waals surface area (Å²) in [6.45, 7) is 0.950. The molecular formula is C18H19NO2. The van der Waals surface area contributed by atoms with Crippen molar-refractivity contribution >= 4 is 5.97 Å². The van der Waals surface area contributed by atoms with Crippen LogP contribution < -0.4 is 0 Å². The molecule has 3 nitrogen and oxygen atoms in total. The van der Waals surface area contributed by atoms with Crippen molar-refractivity contribution in [3.63, 3.8) is 0 Å². The van der Waals surface area contributed by atoms with E-state index in [1.807, 2.05) is 24.3 Å². The van der Waals surface area contributed by atoms with Gasteiger partial charge in [-0.15, -0.1) is 0 Å². The molecule has 0 spiro atoms. The topological polar surface area (TPSA) is 40.5 Å². The molecule has 2 aromatic carbocycles. The van der Waals surface area contributed by atoms with Crippen LogP contribution in [0.5, 0.6) is 0 Å². The van der Waals surface area contributed by atoms with Gasteiger partial charge in [0.05, 0.1) is 5.56 Å². The van der Waals surface area contributed by atoms with E-state index in [4.69, 9.17) is 0 Å². The van der Waals surface area contributed by atoms with Crippen LogP contribution in [0.4, 0.5) is 0 Å². The van der Waals surface area contributed by atoms with E-state index in [0.29, 0.717) is 5.56 Å². The molecule has 0 saturated heterocycles. The highest BCUT2D eigenvalue weighted by molar-refractivity contribution is 5.95. The van der Waals surface area contributed by atoms with Crippen LogP contribution in [0.2, 0.25) is 0 Å². The lowest BCUT2D eigenvalue weighted by Crippen LogP contribution is -2.19. The molecule has 1 N–H and O–H groups in total. The summed E-state index contributed by atoms with van der Waals surface area (Å²) >= 11 is 0. The first-order valence-corrected chi connectivity index (χ1v) is 7.27. The Morgan fingerprint density at radius 1 is 1.14 bits per heavy atom. The predicted octanol–water partition coefficient (Wildman–Crippen LogP) is 3.65. The van der Waals surface area contributed by atoms with Gasteiger partial charge in [0.15, 0.2) is 0 Å². The van der Waals surface area contributed by atoms with E-state index in [9.17, 15) is 9.90 Å². The standard InChI is InChI=1S/C18H19NO2/c1-19(15-10-11-15)12-13-6-8-14(9-7-13)16-4-2-3-5-17(16)18(20)21/h2-9,15H,10-12H2,1H3,(H,20,21). The van der Waals surface area contributed by atoms with Crippen LogP contribution in [-0.2, 0) is 6.54 Å². The SMILES string of the molecule is CN(Cc1ccc(-c2ccccc2C(=O)O)cc1)C1CC1. The quantitative estimate of drug-likeness (QED) is 0.909. The molecular weight excluding hydrogens is 262 g/mol. The van der Waals surface area contributed by atoms with Crippen LogP contribution >= 0.6 is 0 Å². The molecule has 0 heterocycles. The average Bonchev–Trinajstić information content (AvgIpc) is 3.33. The van der Waals surface area contributed by atoms with Crippen molar-refractivity contribution in [2.75, 3.05) is 7.05 Å². The molecule has 1 saturated carbocycles. The first-order valence-electron chi connectivity index (χ1n) is 7.27. The third kappa shape index (κ3) is 3.14. The van der Waals surface area contributed by atoms with E-state index in [2.05, 4.69) is 24.1 Å². The number of rotatable bonds is 5. The highest BCUT2D eigenvalue weighted by Crippen LogP contribution is 2.28. The maximum absolute atomic E-state index is 11.3. The second kappa shape index (κ2) is 5.70. The van der Waals surface area contributed by atoms with E-state index in [1.165, 1.54) is 18.4 Å². The summed E-state index contributed by atoms with van der Waals surface area (Å²) in [4.78, 5) is 13.7. The third-order valence-electron chi connectivity index (χ3n) is 4.02. The third-order valence-corrected chi connectivity index (χ3v) is 4.02. The van der Waals surface area contributed by atoms with E-state index in [-0.39, 0.29) is 0 Å². The summed E-state index contributed by atoms with van der Waals surface area (Å²) in [5.41, 5.74) is 3.33. The molecule has 1 aliphatic rings. The van der Waals surface area contributed by atoms with Gasteiger partial charge in [-0.1, -0.05) is 42.5 Å². The van der Waals surface area contributed by atoms with Gasteiger partial charge in [-0.25, -0.2) is 4.79 Å². The molecule has 0 radical (unpaired) electrons. The Morgan fingerprint density at radius 3 is 2.43 bits per heavy atom. The number of nitrogens with zero attached hydrogens (tertiary/aromatic N) is 1. The van der Waals surface area contributed by atoms with E-state index in [0.717, 1.165) is 23.7 Å². The summed E-state index contributed by atoms with van der Waals surface area (Å²) in [5.74, 6) is -0.886. The molecule has 108 valence electrons. The monoisotopic (exact) mass is 281 g/mol. The molecule has 0 aromatic heterocycles. The zero-order valence-electron chi connectivity index (χ0n) is 12.1. The summed E-state index contributed by atoms with van der Waals surface area (Å²) in [6.07, 6.45) is 2.61. The van der Waals surface area contributed by atoms with E-state index < -0.39 is 5.97 Å². The normalized spacial score (nSPS) is 14.4. The maximum Gasteiger partial charge on any atom is 0.336 e. The fourth-order valence-electron chi connectivity index (χ4n) is 2.64. The van der Waals surface area contributed by atoms with Gasteiger partial charge in [-0.2, -0.15) is 0 Å². The van der Waals surface area contributed by atoms with Crippen LogP contribution in [0.15, 0.2) is 48.5 Å². The van der Waals surface area contributed by atoms with Crippen LogP contribution in [0.25, 0.3) is 11.1 Å². The van der Waals surface area contributed by atoms with Crippen molar-refractivity contribution in [3.8, 4) is 11.1 Å². The predicted molar refractivity (Wildman–Crippen MR) is 83.3 cm³/mol. The molecule has 0 bridgehead atoms. The minimum atomic E-state index is -0.886. The first kappa shape index (κ1) is 13.8. The lowest BCUT2D eigenvalue weighted by Gasteiger charge is -2.16. The minimum absolute atomic E-state index is 0.348. The zero-order valence-corrected chi connectivity index (χ0v) is 12.1. The van der Waals surface area contributed by atoms with Crippen molar-refractivity contribution in [1.29, 1.82) is 0 Å². The Kier molecular flexibility index (Phi) is 3.76. The van der Waals surface area contributed by atoms with E-state index in [1.54, 1.807) is 12.1 Å². The second-order valence-electron chi connectivity index (χ2n) is 5.69. The van der Waals surface area contributed by atoms with Gasteiger partial charge in [0.2, 0.25) is 0 Å². The molecule has 0 amide bonds. The fourth-order valence-corrected chi connectivity index (χ4v) is 2.64. The minimum Gasteiger partial charge on any atom is -0.478 e. The van der Waals surface area contributed by atoms with Crippen LogP contribution in [0.1, 0.15) is 28.8 Å². The van der Waals surface area contributed by atoms with Gasteiger partial charge < -0.3 is 5.11 Å². The lowest BCUT2D eigenvalue weighted by molar-refractivity contribution is 0.0697. The highest BCUT2D eigenvalue weighted by Gasteiger charge is 2.25. The summed E-state index contributed by atoms with van der Waals surface area (Å²) in [7, 11) is 2.16. The molecule has 0 unspecified atom stereocenters. The van der Waals surface area contributed by atoms with Crippen LogP contribution in [-0.4, -0.2) is 29.1 Å². The first-order chi connectivity index (χ1) is 10.1. The Bertz CT molecular complexity index is 645. The van der Waals surface area contributed by atoms with Crippen LogP contribution in [0.3, 0.4) is 0 Å². The number of carboxylic acid groups (broad SMARTS) is 1. The van der Waals surface area contributed by atoms with Crippen molar-refractivity contribution in [1.82, 2.24) is 4.90 Å². The molecule has 1 aliphatic carbocycles. The molecule has 0 atom stereocenters. The van der Waals surface area contributed by atoms with Gasteiger partial charge >= 0.3 is 5.97 Å². The van der Waals surface area contributed by atoms with E-state index >= 15 is 0 Å². The van der Waals surface area contributed by atoms with Crippen molar-refractivity contribution in [2.45, 2.75) is 25.4 Å². The summed E-state index contributed by atoms with van der Waals surface area (Å²) in [6, 6.07) is 16.1. The number of carbonyl (C=O) groups is 1. The second-order valence-corrected chi connectivity index (χ2v) is 5.69. The van der Waals surface area contributed by atoms with Crippen molar-refractivity contribution < 1.29 is 9.90 Å². The largest absolute Gasteiger partial charge is 0.478 e. The van der Waals surface area contributed by atoms with Gasteiger partial charge in [0.25, 0.3) is 0 Å². The maximum atomic E-state index is 11.3. The van der Waals surface area contributed by atoms with Gasteiger partial charge in [-0.05, 0) is 42.6 Å². The van der Waals surface area contributed by atoms with Gasteiger partial charge in [0, 0.05) is 12.6 Å². The molecule has 21 heavy (non-hydrogen) atoms. The number of hydrogen-bond donors (Lipinski definition) is 1. The Labute approximate surface area is 124 Å². The smallest absolute Gasteiger partial charge is 0.336 e. The Morgan fingerprint density at radius 2 is 1.81 bits per heavy atom. The zero-order chi connectivity index (χ0) is 14.8. The summed E-state index contributed by atoms with van der Waals surface area (Å²) in [5, 5.41) is 9.26.